The number of likely N-dealkylation sites (N-methyl/N-ethyl adjacent to an activating group) is 1. The molecule has 1 fully saturated rings. The van der Waals surface area contributed by atoms with E-state index in [0.717, 1.165) is 12.2 Å². The summed E-state index contributed by atoms with van der Waals surface area (Å²) in [6.07, 6.45) is 2.65. The number of phenolic OH excluding ortho intramolecular Hbond substituents is 1. The molecule has 1 aromatic carbocycles. The van der Waals surface area contributed by atoms with E-state index >= 15 is 0 Å². The van der Waals surface area contributed by atoms with Gasteiger partial charge in [0, 0.05) is 43.4 Å². The molecule has 11 nitrogen and oxygen atoms in total. The summed E-state index contributed by atoms with van der Waals surface area (Å²) in [5.74, 6) is -5.83. The lowest BCUT2D eigenvalue weighted by molar-refractivity contribution is -0.148. The fraction of sp³-hybridized carbons (Fsp3) is 0.536. The van der Waals surface area contributed by atoms with E-state index in [-0.39, 0.29) is 29.7 Å². The Bertz CT molecular complexity index is 1340. The van der Waals surface area contributed by atoms with Crippen molar-refractivity contribution < 1.29 is 34.8 Å². The molecule has 7 N–H and O–H groups in total. The highest BCUT2D eigenvalue weighted by Gasteiger charge is 2.63. The molecule has 1 aromatic rings. The van der Waals surface area contributed by atoms with Gasteiger partial charge in [-0.1, -0.05) is 0 Å². The summed E-state index contributed by atoms with van der Waals surface area (Å²) in [6, 6.07) is 0.840. The zero-order valence-electron chi connectivity index (χ0n) is 22.6. The van der Waals surface area contributed by atoms with Gasteiger partial charge in [-0.15, -0.1) is 0 Å². The van der Waals surface area contributed by atoms with E-state index in [9.17, 15) is 34.8 Å². The first-order valence-electron chi connectivity index (χ1n) is 13.2. The maximum Gasteiger partial charge on any atom is 0.255 e. The number of nitrogens with two attached hydrogens (primary N) is 1. The van der Waals surface area contributed by atoms with Crippen LogP contribution in [0.25, 0.3) is 0 Å². The van der Waals surface area contributed by atoms with Crippen molar-refractivity contribution in [3.63, 3.8) is 0 Å². The van der Waals surface area contributed by atoms with Crippen LogP contribution in [0, 0.1) is 17.8 Å². The Morgan fingerprint density at radius 1 is 1.15 bits per heavy atom. The van der Waals surface area contributed by atoms with E-state index in [1.54, 1.807) is 14.1 Å². The summed E-state index contributed by atoms with van der Waals surface area (Å²) >= 11 is 0. The van der Waals surface area contributed by atoms with Crippen LogP contribution in [0.3, 0.4) is 0 Å². The minimum atomic E-state index is -2.64. The van der Waals surface area contributed by atoms with Gasteiger partial charge < -0.3 is 36.4 Å². The van der Waals surface area contributed by atoms with Crippen LogP contribution in [0.5, 0.6) is 5.75 Å². The smallest absolute Gasteiger partial charge is 0.255 e. The van der Waals surface area contributed by atoms with Gasteiger partial charge in [0.1, 0.15) is 22.8 Å². The Kier molecular flexibility index (Phi) is 6.52. The van der Waals surface area contributed by atoms with Gasteiger partial charge in [-0.3, -0.25) is 19.3 Å². The van der Waals surface area contributed by atoms with Crippen LogP contribution >= 0.6 is 0 Å². The molecular formula is C28H36N4O7. The number of aliphatic hydroxyl groups is 3. The molecule has 0 aliphatic heterocycles. The predicted octanol–water partition coefficient (Wildman–Crippen LogP) is 0.686. The molecule has 0 radical (unpaired) electrons. The molecule has 0 aromatic heterocycles. The largest absolute Gasteiger partial charge is 0.510 e. The van der Waals surface area contributed by atoms with Gasteiger partial charge in [-0.2, -0.15) is 0 Å². The number of aliphatic hydroxyl groups excluding tert-OH is 2. The maximum atomic E-state index is 14.0. The Labute approximate surface area is 226 Å². The van der Waals surface area contributed by atoms with Gasteiger partial charge in [0.2, 0.25) is 5.78 Å². The maximum absolute atomic E-state index is 14.0. The zero-order valence-corrected chi connectivity index (χ0v) is 22.6. The van der Waals surface area contributed by atoms with Crippen LogP contribution in [0.1, 0.15) is 40.7 Å². The van der Waals surface area contributed by atoms with Crippen molar-refractivity contribution in [2.45, 2.75) is 43.9 Å². The number of benzene rings is 1. The number of allylic oxidation sites excluding steroid dienone is 1. The number of carbonyl (C=O) groups excluding carboxylic acids is 3. The molecular weight excluding hydrogens is 504 g/mol. The molecule has 0 unspecified atom stereocenters. The van der Waals surface area contributed by atoms with E-state index in [2.05, 4.69) is 5.32 Å². The van der Waals surface area contributed by atoms with Crippen LogP contribution in [-0.2, 0) is 22.6 Å². The number of rotatable bonds is 7. The summed E-state index contributed by atoms with van der Waals surface area (Å²) in [7, 11) is 6.90. The third kappa shape index (κ3) is 4.02. The third-order valence-corrected chi connectivity index (χ3v) is 8.71. The molecule has 4 aliphatic carbocycles. The van der Waals surface area contributed by atoms with Crippen molar-refractivity contribution in [3.05, 3.63) is 45.4 Å². The van der Waals surface area contributed by atoms with Gasteiger partial charge in [0.05, 0.1) is 11.6 Å². The average Bonchev–Trinajstić information content (AvgIpc) is 3.66. The highest BCUT2D eigenvalue weighted by atomic mass is 16.3. The van der Waals surface area contributed by atoms with Gasteiger partial charge >= 0.3 is 0 Å². The number of carbonyl (C=O) groups is 3. The summed E-state index contributed by atoms with van der Waals surface area (Å²) in [4.78, 5) is 43.0. The third-order valence-electron chi connectivity index (χ3n) is 8.71. The van der Waals surface area contributed by atoms with E-state index in [1.165, 1.54) is 17.7 Å². The first-order valence-corrected chi connectivity index (χ1v) is 13.2. The Morgan fingerprint density at radius 3 is 2.38 bits per heavy atom. The van der Waals surface area contributed by atoms with Crippen molar-refractivity contribution in [3.8, 4) is 5.75 Å². The predicted molar refractivity (Wildman–Crippen MR) is 142 cm³/mol. The molecule has 0 saturated heterocycles. The number of nitrogens with one attached hydrogen (secondary N) is 1. The van der Waals surface area contributed by atoms with Crippen LogP contribution in [-0.4, -0.2) is 89.2 Å². The number of ketones is 2. The summed E-state index contributed by atoms with van der Waals surface area (Å²) in [5, 5.41) is 48.7. The molecule has 0 heterocycles. The second-order valence-electron chi connectivity index (χ2n) is 11.7. The molecule has 11 heteroatoms. The van der Waals surface area contributed by atoms with E-state index in [4.69, 9.17) is 5.73 Å². The van der Waals surface area contributed by atoms with Crippen LogP contribution in [0.15, 0.2) is 28.7 Å². The topological polar surface area (TPSA) is 177 Å². The van der Waals surface area contributed by atoms with E-state index < -0.39 is 58.0 Å². The highest BCUT2D eigenvalue weighted by molar-refractivity contribution is 6.24. The zero-order chi connectivity index (χ0) is 28.5. The van der Waals surface area contributed by atoms with Crippen molar-refractivity contribution in [2.75, 3.05) is 39.6 Å². The number of primary amides is 1. The number of amides is 1. The van der Waals surface area contributed by atoms with Crippen molar-refractivity contribution >= 4 is 23.2 Å². The molecule has 39 heavy (non-hydrogen) atoms. The average molecular weight is 541 g/mol. The van der Waals surface area contributed by atoms with Crippen molar-refractivity contribution in [1.82, 2.24) is 10.2 Å². The first-order chi connectivity index (χ1) is 18.3. The van der Waals surface area contributed by atoms with Gasteiger partial charge in [-0.05, 0) is 69.8 Å². The van der Waals surface area contributed by atoms with Crippen LogP contribution in [0.2, 0.25) is 0 Å². The normalized spacial score (nSPS) is 28.4. The standard InChI is InChI=1S/C28H36N4O7/c1-31(2)17-9-14(11-30-10-12-5-6-12)22(33)19-15(17)7-13-8-16-21(32(3)4)24(35)20(27(29)38)26(37)28(16,39)25(36)18(13)23(19)34/h9,12-13,16,21,30,33,35-36,39H,5-8,10-11H2,1-4H3,(H2,29,38)/t13-,16+,21+,28-/m0/s1. The number of aromatic hydroxyl groups is 1. The summed E-state index contributed by atoms with van der Waals surface area (Å²) in [5.41, 5.74) is 3.70. The monoisotopic (exact) mass is 540 g/mol. The lowest BCUT2D eigenvalue weighted by atomic mass is 9.58. The second-order valence-corrected chi connectivity index (χ2v) is 11.7. The SMILES string of the molecule is CN(C)c1cc(CNCC2CC2)c(O)c2c1C[C@H]1C[C@@H]3[C@@H](N(C)C)C(O)=C(C(N)=O)C(=O)[C@@]3(O)C(O)=C1C2=O. The number of fused-ring (bicyclic) bond motifs is 3. The van der Waals surface area contributed by atoms with Crippen LogP contribution in [0.4, 0.5) is 5.69 Å². The quantitative estimate of drug-likeness (QED) is 0.270. The van der Waals surface area contributed by atoms with E-state index in [1.807, 2.05) is 25.1 Å². The number of anilines is 1. The Hall–Kier alpha value is -3.41. The second kappa shape index (κ2) is 9.35. The summed E-state index contributed by atoms with van der Waals surface area (Å²) in [6.45, 7) is 1.15. The Balaban J connectivity index is 1.65. The minimum absolute atomic E-state index is 0.0326. The first kappa shape index (κ1) is 27.2. The highest BCUT2D eigenvalue weighted by Crippen LogP contribution is 2.53. The van der Waals surface area contributed by atoms with Crippen molar-refractivity contribution in [2.24, 2.45) is 23.5 Å². The molecule has 0 spiro atoms. The fourth-order valence-electron chi connectivity index (χ4n) is 6.62. The molecule has 1 amide bonds. The van der Waals surface area contributed by atoms with Gasteiger partial charge in [-0.25, -0.2) is 0 Å². The fourth-order valence-corrected chi connectivity index (χ4v) is 6.62. The Morgan fingerprint density at radius 2 is 1.82 bits per heavy atom. The molecule has 5 rings (SSSR count). The lowest BCUT2D eigenvalue weighted by Crippen LogP contribution is -2.63. The number of nitrogens with zero attached hydrogens (tertiary/aromatic N) is 2. The molecule has 4 aliphatic rings. The van der Waals surface area contributed by atoms with Gasteiger partial charge in [0.15, 0.2) is 11.4 Å². The number of Topliss-reactive ketones (excluding diaryl/α,β-unsaturated/α-hetero) is 2. The molecule has 0 bridgehead atoms. The van der Waals surface area contributed by atoms with Gasteiger partial charge in [0.25, 0.3) is 5.91 Å². The lowest BCUT2D eigenvalue weighted by Gasteiger charge is -2.50. The molecule has 4 atom stereocenters. The molecule has 1 saturated carbocycles. The minimum Gasteiger partial charge on any atom is -0.510 e. The molecule has 210 valence electrons. The van der Waals surface area contributed by atoms with Crippen LogP contribution < -0.4 is 16.0 Å². The number of hydrogen-bond acceptors (Lipinski definition) is 10. The van der Waals surface area contributed by atoms with Crippen molar-refractivity contribution in [1.29, 1.82) is 0 Å². The van der Waals surface area contributed by atoms with E-state index in [0.29, 0.717) is 23.6 Å². The number of phenols is 1. The summed E-state index contributed by atoms with van der Waals surface area (Å²) < 4.78 is 0. The number of hydrogen-bond donors (Lipinski definition) is 6.